The first-order chi connectivity index (χ1) is 13.6. The fourth-order valence-corrected chi connectivity index (χ4v) is 3.06. The van der Waals surface area contributed by atoms with Gasteiger partial charge in [0.2, 0.25) is 5.82 Å². The van der Waals surface area contributed by atoms with Crippen molar-refractivity contribution in [3.63, 3.8) is 0 Å². The molecule has 0 N–H and O–H groups in total. The van der Waals surface area contributed by atoms with Crippen LogP contribution in [0.25, 0.3) is 22.4 Å². The van der Waals surface area contributed by atoms with Gasteiger partial charge in [-0.1, -0.05) is 0 Å². The minimum atomic E-state index is -0.558. The molecule has 0 spiro atoms. The van der Waals surface area contributed by atoms with E-state index in [-0.39, 0.29) is 29.2 Å². The van der Waals surface area contributed by atoms with Crippen LogP contribution in [0, 0.1) is 12.7 Å². The highest BCUT2D eigenvalue weighted by Gasteiger charge is 2.27. The largest absolute Gasteiger partial charge is 0.472 e. The summed E-state index contributed by atoms with van der Waals surface area (Å²) in [5.41, 5.74) is 0.568. The van der Waals surface area contributed by atoms with Crippen LogP contribution < -0.4 is 10.3 Å². The van der Waals surface area contributed by atoms with E-state index in [2.05, 4.69) is 20.1 Å². The zero-order valence-electron chi connectivity index (χ0n) is 14.9. The van der Waals surface area contributed by atoms with Crippen molar-refractivity contribution in [3.8, 4) is 17.5 Å². The van der Waals surface area contributed by atoms with Gasteiger partial charge in [-0.05, 0) is 31.9 Å². The van der Waals surface area contributed by atoms with Crippen LogP contribution in [0.1, 0.15) is 18.5 Å². The van der Waals surface area contributed by atoms with E-state index in [1.54, 1.807) is 36.0 Å². The van der Waals surface area contributed by atoms with Crippen molar-refractivity contribution in [2.24, 2.45) is 0 Å². The highest BCUT2D eigenvalue weighted by atomic mass is 19.1. The Morgan fingerprint density at radius 3 is 2.68 bits per heavy atom. The van der Waals surface area contributed by atoms with Crippen molar-refractivity contribution in [1.82, 2.24) is 29.3 Å². The first-order valence-corrected chi connectivity index (χ1v) is 8.82. The molecule has 1 aliphatic rings. The van der Waals surface area contributed by atoms with Crippen LogP contribution in [0.2, 0.25) is 0 Å². The Kier molecular flexibility index (Phi) is 3.68. The first kappa shape index (κ1) is 16.5. The third-order valence-electron chi connectivity index (χ3n) is 4.67. The molecule has 0 atom stereocenters. The monoisotopic (exact) mass is 378 g/mol. The maximum atomic E-state index is 15.0. The second kappa shape index (κ2) is 6.22. The number of nitrogens with zero attached hydrogens (tertiary/aromatic N) is 6. The number of halogens is 1. The summed E-state index contributed by atoms with van der Waals surface area (Å²) in [6, 6.07) is 3.20. The molecule has 0 aromatic carbocycles. The number of aromatic nitrogens is 6. The van der Waals surface area contributed by atoms with E-state index in [9.17, 15) is 9.18 Å². The van der Waals surface area contributed by atoms with Gasteiger partial charge in [-0.2, -0.15) is 14.2 Å². The molecular formula is C19H15FN6O2. The molecule has 8 nitrogen and oxygen atoms in total. The molecular weight excluding hydrogens is 363 g/mol. The van der Waals surface area contributed by atoms with Gasteiger partial charge in [0.25, 0.3) is 17.4 Å². The van der Waals surface area contributed by atoms with Crippen LogP contribution in [0.15, 0.2) is 47.9 Å². The molecule has 4 aromatic heterocycles. The predicted octanol–water partition coefficient (Wildman–Crippen LogP) is 2.35. The van der Waals surface area contributed by atoms with E-state index in [1.165, 1.54) is 18.6 Å². The summed E-state index contributed by atoms with van der Waals surface area (Å²) in [7, 11) is 0. The molecule has 1 aliphatic carbocycles. The highest BCUT2D eigenvalue weighted by molar-refractivity contribution is 5.84. The lowest BCUT2D eigenvalue weighted by Gasteiger charge is -2.10. The minimum absolute atomic E-state index is 0.0228. The third kappa shape index (κ3) is 2.63. The number of rotatable bonds is 4. The average Bonchev–Trinajstić information content (AvgIpc) is 3.47. The normalized spacial score (nSPS) is 13.8. The van der Waals surface area contributed by atoms with Crippen LogP contribution in [0.3, 0.4) is 0 Å². The molecule has 0 unspecified atom stereocenters. The first-order valence-electron chi connectivity index (χ1n) is 8.82. The fourth-order valence-electron chi connectivity index (χ4n) is 3.06. The maximum absolute atomic E-state index is 15.0. The number of hydrogen-bond donors (Lipinski definition) is 0. The summed E-state index contributed by atoms with van der Waals surface area (Å²) in [6.07, 6.45) is 9.55. The number of fused-ring (bicyclic) bond motifs is 1. The number of aryl methyl sites for hydroxylation is 1. The van der Waals surface area contributed by atoms with Gasteiger partial charge in [0.1, 0.15) is 6.10 Å². The van der Waals surface area contributed by atoms with Gasteiger partial charge < -0.3 is 9.30 Å². The molecule has 4 aromatic rings. The van der Waals surface area contributed by atoms with E-state index < -0.39 is 5.82 Å². The second-order valence-corrected chi connectivity index (χ2v) is 6.59. The lowest BCUT2D eigenvalue weighted by atomic mass is 10.2. The zero-order chi connectivity index (χ0) is 19.3. The summed E-state index contributed by atoms with van der Waals surface area (Å²) < 4.78 is 23.2. The van der Waals surface area contributed by atoms with Crippen molar-refractivity contribution in [3.05, 3.63) is 65.0 Å². The number of pyridine rings is 1. The molecule has 140 valence electrons. The zero-order valence-corrected chi connectivity index (χ0v) is 14.9. The van der Waals surface area contributed by atoms with E-state index in [0.717, 1.165) is 17.5 Å². The molecule has 0 amide bonds. The topological polar surface area (TPSA) is 87.7 Å². The number of ether oxygens (including phenoxy) is 1. The lowest BCUT2D eigenvalue weighted by Crippen LogP contribution is -2.22. The molecule has 0 bridgehead atoms. The van der Waals surface area contributed by atoms with E-state index >= 15 is 0 Å². The van der Waals surface area contributed by atoms with Crippen molar-refractivity contribution in [1.29, 1.82) is 0 Å². The standard InChI is InChI=1S/C19H15FN6O2/c1-11-13-9-24-26(19-22-6-2-7-23-19)18(27)14(13)10-25(11)15-5-8-21-17(16(15)20)28-12-3-4-12/h2,5-10,12H,3-4H2,1H3. The van der Waals surface area contributed by atoms with E-state index in [0.29, 0.717) is 16.5 Å². The van der Waals surface area contributed by atoms with Gasteiger partial charge in [0.15, 0.2) is 0 Å². The predicted molar refractivity (Wildman–Crippen MR) is 98.4 cm³/mol. The Morgan fingerprint density at radius 2 is 1.93 bits per heavy atom. The van der Waals surface area contributed by atoms with E-state index in [1.807, 2.05) is 0 Å². The van der Waals surface area contributed by atoms with Gasteiger partial charge in [-0.3, -0.25) is 4.79 Å². The van der Waals surface area contributed by atoms with Crippen molar-refractivity contribution < 1.29 is 9.13 Å². The van der Waals surface area contributed by atoms with Crippen LogP contribution in [0.5, 0.6) is 5.88 Å². The van der Waals surface area contributed by atoms with Crippen molar-refractivity contribution >= 4 is 10.8 Å². The minimum Gasteiger partial charge on any atom is -0.472 e. The van der Waals surface area contributed by atoms with Crippen LogP contribution in [-0.4, -0.2) is 35.4 Å². The summed E-state index contributed by atoms with van der Waals surface area (Å²) in [6.45, 7) is 1.80. The van der Waals surface area contributed by atoms with E-state index in [4.69, 9.17) is 4.74 Å². The molecule has 28 heavy (non-hydrogen) atoms. The Balaban J connectivity index is 1.67. The molecule has 4 heterocycles. The van der Waals surface area contributed by atoms with Crippen LogP contribution >= 0.6 is 0 Å². The van der Waals surface area contributed by atoms with Gasteiger partial charge >= 0.3 is 0 Å². The third-order valence-corrected chi connectivity index (χ3v) is 4.67. The van der Waals surface area contributed by atoms with Gasteiger partial charge in [0, 0.05) is 35.9 Å². The molecule has 1 fully saturated rings. The second-order valence-electron chi connectivity index (χ2n) is 6.59. The highest BCUT2D eigenvalue weighted by Crippen LogP contribution is 2.30. The Morgan fingerprint density at radius 1 is 1.14 bits per heavy atom. The lowest BCUT2D eigenvalue weighted by molar-refractivity contribution is 0.274. The summed E-state index contributed by atoms with van der Waals surface area (Å²) in [5, 5.41) is 5.18. The summed E-state index contributed by atoms with van der Waals surface area (Å²) in [4.78, 5) is 25.0. The van der Waals surface area contributed by atoms with Crippen molar-refractivity contribution in [2.45, 2.75) is 25.9 Å². The Hall–Kier alpha value is -3.62. The SMILES string of the molecule is Cc1c2cnn(-c3ncccn3)c(=O)c2cn1-c1ccnc(OC2CC2)c1F. The Bertz CT molecular complexity index is 1250. The number of hydrogen-bond acceptors (Lipinski definition) is 6. The van der Waals surface area contributed by atoms with Crippen molar-refractivity contribution in [2.75, 3.05) is 0 Å². The smallest absolute Gasteiger partial charge is 0.283 e. The molecule has 9 heteroatoms. The molecule has 1 saturated carbocycles. The quantitative estimate of drug-likeness (QED) is 0.542. The van der Waals surface area contributed by atoms with Crippen LogP contribution in [0.4, 0.5) is 4.39 Å². The molecule has 0 saturated heterocycles. The molecule has 0 radical (unpaired) electrons. The maximum Gasteiger partial charge on any atom is 0.283 e. The van der Waals surface area contributed by atoms with Gasteiger partial charge in [-0.25, -0.2) is 15.0 Å². The average molecular weight is 378 g/mol. The summed E-state index contributed by atoms with van der Waals surface area (Å²) >= 11 is 0. The van der Waals surface area contributed by atoms with Crippen LogP contribution in [-0.2, 0) is 0 Å². The molecule has 5 rings (SSSR count). The fraction of sp³-hybridized carbons (Fsp3) is 0.211. The Labute approximate surface area is 158 Å². The van der Waals surface area contributed by atoms with Gasteiger partial charge in [0.05, 0.1) is 17.3 Å². The van der Waals surface area contributed by atoms with Gasteiger partial charge in [-0.15, -0.1) is 0 Å². The molecule has 0 aliphatic heterocycles. The summed E-state index contributed by atoms with van der Waals surface area (Å²) in [5.74, 6) is -0.405.